The summed E-state index contributed by atoms with van der Waals surface area (Å²) in [5.74, 6) is 0.645. The molecule has 3 heteroatoms. The molecule has 0 aliphatic rings. The van der Waals surface area contributed by atoms with Crippen LogP contribution in [0.25, 0.3) is 21.7 Å². The molecular formula is C15H13NO2. The van der Waals surface area contributed by atoms with Crippen molar-refractivity contribution in [3.63, 3.8) is 0 Å². The zero-order valence-corrected chi connectivity index (χ0v) is 9.85. The molecule has 0 saturated carbocycles. The first-order chi connectivity index (χ1) is 8.79. The summed E-state index contributed by atoms with van der Waals surface area (Å²) in [5, 5.41) is 2.65. The summed E-state index contributed by atoms with van der Waals surface area (Å²) in [6.45, 7) is 0.471. The first-order valence-corrected chi connectivity index (χ1v) is 5.94. The van der Waals surface area contributed by atoms with E-state index in [9.17, 15) is 4.79 Å². The summed E-state index contributed by atoms with van der Waals surface area (Å²) in [7, 11) is 0. The minimum atomic E-state index is -0.00884. The van der Waals surface area contributed by atoms with Crippen LogP contribution in [-0.2, 0) is 6.42 Å². The Bertz CT molecular complexity index is 774. The van der Waals surface area contributed by atoms with E-state index in [2.05, 4.69) is 0 Å². The summed E-state index contributed by atoms with van der Waals surface area (Å²) < 4.78 is 5.82. The highest BCUT2D eigenvalue weighted by Gasteiger charge is 2.07. The van der Waals surface area contributed by atoms with Crippen molar-refractivity contribution in [2.75, 3.05) is 6.54 Å². The van der Waals surface area contributed by atoms with E-state index in [1.165, 1.54) is 6.07 Å². The summed E-state index contributed by atoms with van der Waals surface area (Å²) >= 11 is 0. The molecule has 2 aromatic carbocycles. The van der Waals surface area contributed by atoms with E-state index in [0.717, 1.165) is 10.8 Å². The zero-order valence-electron chi connectivity index (χ0n) is 9.85. The first-order valence-electron chi connectivity index (χ1n) is 5.94. The van der Waals surface area contributed by atoms with Gasteiger partial charge in [0.2, 0.25) is 0 Å². The molecule has 3 nitrogen and oxygen atoms in total. The van der Waals surface area contributed by atoms with E-state index in [-0.39, 0.29) is 5.43 Å². The van der Waals surface area contributed by atoms with Gasteiger partial charge in [0, 0.05) is 17.9 Å². The highest BCUT2D eigenvalue weighted by molar-refractivity contribution is 6.03. The molecule has 0 fully saturated rings. The molecule has 18 heavy (non-hydrogen) atoms. The van der Waals surface area contributed by atoms with Gasteiger partial charge in [0.25, 0.3) is 0 Å². The number of fused-ring (bicyclic) bond motifs is 3. The topological polar surface area (TPSA) is 56.2 Å². The normalized spacial score (nSPS) is 11.2. The van der Waals surface area contributed by atoms with Gasteiger partial charge in [-0.25, -0.2) is 0 Å². The Labute approximate surface area is 104 Å². The van der Waals surface area contributed by atoms with Crippen LogP contribution in [0.1, 0.15) is 5.76 Å². The molecule has 3 aromatic rings. The van der Waals surface area contributed by atoms with E-state index in [1.54, 1.807) is 0 Å². The minimum Gasteiger partial charge on any atom is -0.460 e. The van der Waals surface area contributed by atoms with Crippen LogP contribution in [0.2, 0.25) is 0 Å². The summed E-state index contributed by atoms with van der Waals surface area (Å²) in [4.78, 5) is 12.0. The number of hydrogen-bond donors (Lipinski definition) is 1. The van der Waals surface area contributed by atoms with Gasteiger partial charge in [0.15, 0.2) is 5.43 Å². The second kappa shape index (κ2) is 4.27. The molecule has 0 atom stereocenters. The van der Waals surface area contributed by atoms with Gasteiger partial charge in [0.05, 0.1) is 5.39 Å². The molecule has 0 unspecified atom stereocenters. The van der Waals surface area contributed by atoms with Gasteiger partial charge < -0.3 is 10.2 Å². The van der Waals surface area contributed by atoms with Crippen LogP contribution in [0.3, 0.4) is 0 Å². The molecule has 0 radical (unpaired) electrons. The number of hydrogen-bond acceptors (Lipinski definition) is 3. The third kappa shape index (κ3) is 1.69. The van der Waals surface area contributed by atoms with E-state index < -0.39 is 0 Å². The van der Waals surface area contributed by atoms with Gasteiger partial charge in [-0.2, -0.15) is 0 Å². The Morgan fingerprint density at radius 1 is 1.06 bits per heavy atom. The van der Waals surface area contributed by atoms with Gasteiger partial charge in [-0.05, 0) is 18.0 Å². The number of rotatable bonds is 2. The Hall–Kier alpha value is -2.13. The molecule has 1 heterocycles. The van der Waals surface area contributed by atoms with E-state index in [4.69, 9.17) is 10.2 Å². The molecule has 0 aliphatic heterocycles. The Morgan fingerprint density at radius 3 is 2.72 bits per heavy atom. The average molecular weight is 239 g/mol. The third-order valence-corrected chi connectivity index (χ3v) is 3.06. The molecule has 0 aliphatic carbocycles. The molecule has 0 amide bonds. The predicted octanol–water partition coefficient (Wildman–Crippen LogP) is 2.45. The first kappa shape index (κ1) is 11.0. The monoisotopic (exact) mass is 239 g/mol. The summed E-state index contributed by atoms with van der Waals surface area (Å²) in [6, 6.07) is 13.2. The Balaban J connectivity index is 2.44. The minimum absolute atomic E-state index is 0.00884. The molecule has 1 aromatic heterocycles. The summed E-state index contributed by atoms with van der Waals surface area (Å²) in [5.41, 5.74) is 6.15. The smallest absolute Gasteiger partial charge is 0.192 e. The van der Waals surface area contributed by atoms with Crippen LogP contribution in [0.15, 0.2) is 51.7 Å². The van der Waals surface area contributed by atoms with Crippen molar-refractivity contribution in [3.8, 4) is 0 Å². The van der Waals surface area contributed by atoms with Crippen molar-refractivity contribution in [2.24, 2.45) is 5.73 Å². The fourth-order valence-corrected chi connectivity index (χ4v) is 2.20. The van der Waals surface area contributed by atoms with Crippen molar-refractivity contribution >= 4 is 21.7 Å². The molecule has 0 saturated heterocycles. The average Bonchev–Trinajstić information content (AvgIpc) is 2.39. The maximum Gasteiger partial charge on any atom is 0.192 e. The van der Waals surface area contributed by atoms with E-state index >= 15 is 0 Å². The zero-order chi connectivity index (χ0) is 12.5. The van der Waals surface area contributed by atoms with Gasteiger partial charge in [0.1, 0.15) is 11.3 Å². The lowest BCUT2D eigenvalue weighted by atomic mass is 10.1. The molecule has 90 valence electrons. The molecule has 3 rings (SSSR count). The van der Waals surface area contributed by atoms with Crippen LogP contribution in [0.4, 0.5) is 0 Å². The van der Waals surface area contributed by atoms with Gasteiger partial charge >= 0.3 is 0 Å². The van der Waals surface area contributed by atoms with Gasteiger partial charge in [-0.3, -0.25) is 4.79 Å². The maximum absolute atomic E-state index is 12.0. The molecular weight excluding hydrogens is 226 g/mol. The van der Waals surface area contributed by atoms with Crippen LogP contribution in [0.5, 0.6) is 0 Å². The fourth-order valence-electron chi connectivity index (χ4n) is 2.20. The highest BCUT2D eigenvalue weighted by Crippen LogP contribution is 2.24. The van der Waals surface area contributed by atoms with Crippen molar-refractivity contribution < 1.29 is 4.42 Å². The van der Waals surface area contributed by atoms with E-state index in [1.807, 2.05) is 36.4 Å². The fraction of sp³-hybridized carbons (Fsp3) is 0.133. The summed E-state index contributed by atoms with van der Waals surface area (Å²) in [6.07, 6.45) is 0.578. The van der Waals surface area contributed by atoms with Gasteiger partial charge in [-0.1, -0.05) is 30.3 Å². The van der Waals surface area contributed by atoms with Crippen molar-refractivity contribution in [2.45, 2.75) is 6.42 Å². The van der Waals surface area contributed by atoms with Crippen LogP contribution >= 0.6 is 0 Å². The molecule has 2 N–H and O–H groups in total. The van der Waals surface area contributed by atoms with Crippen LogP contribution < -0.4 is 11.2 Å². The van der Waals surface area contributed by atoms with E-state index in [0.29, 0.717) is 29.7 Å². The predicted molar refractivity (Wildman–Crippen MR) is 72.7 cm³/mol. The number of nitrogens with two attached hydrogens (primary N) is 1. The lowest BCUT2D eigenvalue weighted by Crippen LogP contribution is -2.07. The van der Waals surface area contributed by atoms with Crippen LogP contribution in [-0.4, -0.2) is 6.54 Å². The highest BCUT2D eigenvalue weighted by atomic mass is 16.3. The Morgan fingerprint density at radius 2 is 1.89 bits per heavy atom. The molecule has 0 bridgehead atoms. The Kier molecular flexibility index (Phi) is 2.61. The third-order valence-electron chi connectivity index (χ3n) is 3.06. The SMILES string of the molecule is NCCc1cc(=O)c2ccc3ccccc3c2o1. The molecule has 0 spiro atoms. The van der Waals surface area contributed by atoms with Crippen LogP contribution in [0, 0.1) is 0 Å². The largest absolute Gasteiger partial charge is 0.460 e. The lowest BCUT2D eigenvalue weighted by Gasteiger charge is -2.04. The second-order valence-corrected chi connectivity index (χ2v) is 4.28. The maximum atomic E-state index is 12.0. The van der Waals surface area contributed by atoms with Crippen molar-refractivity contribution in [3.05, 3.63) is 58.4 Å². The number of benzene rings is 2. The van der Waals surface area contributed by atoms with Crippen molar-refractivity contribution in [1.29, 1.82) is 0 Å². The van der Waals surface area contributed by atoms with Gasteiger partial charge in [-0.15, -0.1) is 0 Å². The standard InChI is InChI=1S/C15H13NO2/c16-8-7-11-9-14(17)13-6-5-10-3-1-2-4-12(10)15(13)18-11/h1-6,9H,7-8,16H2. The second-order valence-electron chi connectivity index (χ2n) is 4.28. The van der Waals surface area contributed by atoms with Crippen molar-refractivity contribution in [1.82, 2.24) is 0 Å². The lowest BCUT2D eigenvalue weighted by molar-refractivity contribution is 0.539. The quantitative estimate of drug-likeness (QED) is 0.699.